The zero-order valence-corrected chi connectivity index (χ0v) is 13.2. The Hall–Kier alpha value is -3.27. The monoisotopic (exact) mass is 313 g/mol. The molecular formula is C20H15N3O. The van der Waals surface area contributed by atoms with Crippen molar-refractivity contribution in [2.75, 3.05) is 5.32 Å². The van der Waals surface area contributed by atoms with E-state index in [0.29, 0.717) is 5.56 Å². The molecule has 0 aliphatic carbocycles. The summed E-state index contributed by atoms with van der Waals surface area (Å²) < 4.78 is 0. The van der Waals surface area contributed by atoms with Crippen LogP contribution in [0.1, 0.15) is 15.9 Å². The van der Waals surface area contributed by atoms with Crippen molar-refractivity contribution in [3.05, 3.63) is 78.1 Å². The van der Waals surface area contributed by atoms with Gasteiger partial charge in [-0.15, -0.1) is 0 Å². The predicted molar refractivity (Wildman–Crippen MR) is 96.2 cm³/mol. The summed E-state index contributed by atoms with van der Waals surface area (Å²) in [5, 5.41) is 4.83. The van der Waals surface area contributed by atoms with Crippen LogP contribution in [0.15, 0.2) is 67.0 Å². The quantitative estimate of drug-likeness (QED) is 0.560. The van der Waals surface area contributed by atoms with E-state index in [9.17, 15) is 4.79 Å². The number of anilines is 1. The lowest BCUT2D eigenvalue weighted by atomic mass is 10.1. The summed E-state index contributed by atoms with van der Waals surface area (Å²) in [6.45, 7) is 2.00. The first-order chi connectivity index (χ1) is 11.7. The Balaban J connectivity index is 1.83. The number of hydrogen-bond acceptors (Lipinski definition) is 3. The lowest BCUT2D eigenvalue weighted by Crippen LogP contribution is -2.12. The van der Waals surface area contributed by atoms with Crippen LogP contribution in [0, 0.1) is 6.92 Å². The molecule has 0 spiro atoms. The highest BCUT2D eigenvalue weighted by atomic mass is 16.1. The molecule has 2 heterocycles. The molecule has 4 nitrogen and oxygen atoms in total. The van der Waals surface area contributed by atoms with Gasteiger partial charge in [-0.3, -0.25) is 14.8 Å². The van der Waals surface area contributed by atoms with Gasteiger partial charge in [-0.25, -0.2) is 0 Å². The van der Waals surface area contributed by atoms with Gasteiger partial charge in [-0.05, 0) is 43.3 Å². The van der Waals surface area contributed by atoms with Gasteiger partial charge >= 0.3 is 0 Å². The molecule has 0 aliphatic rings. The predicted octanol–water partition coefficient (Wildman–Crippen LogP) is 4.34. The van der Waals surface area contributed by atoms with Crippen molar-refractivity contribution in [3.8, 4) is 0 Å². The van der Waals surface area contributed by atoms with Crippen molar-refractivity contribution in [2.45, 2.75) is 6.92 Å². The van der Waals surface area contributed by atoms with Gasteiger partial charge in [0, 0.05) is 28.7 Å². The van der Waals surface area contributed by atoms with E-state index < -0.39 is 0 Å². The summed E-state index contributed by atoms with van der Waals surface area (Å²) in [4.78, 5) is 21.4. The van der Waals surface area contributed by atoms with Gasteiger partial charge in [0.25, 0.3) is 5.91 Å². The number of aryl methyl sites for hydroxylation is 1. The first-order valence-corrected chi connectivity index (χ1v) is 7.73. The maximum absolute atomic E-state index is 12.6. The number of fused-ring (bicyclic) bond motifs is 3. The van der Waals surface area contributed by atoms with Crippen molar-refractivity contribution < 1.29 is 4.79 Å². The molecule has 4 aromatic rings. The third-order valence-corrected chi connectivity index (χ3v) is 4.02. The number of carbonyl (C=O) groups is 1. The topological polar surface area (TPSA) is 54.9 Å². The Morgan fingerprint density at radius 1 is 0.917 bits per heavy atom. The molecule has 4 heteroatoms. The second kappa shape index (κ2) is 5.74. The third kappa shape index (κ3) is 2.48. The van der Waals surface area contributed by atoms with Gasteiger partial charge in [-0.2, -0.15) is 0 Å². The highest BCUT2D eigenvalue weighted by Crippen LogP contribution is 2.29. The molecule has 1 N–H and O–H groups in total. The Labute approximate surface area is 139 Å². The normalized spacial score (nSPS) is 10.9. The van der Waals surface area contributed by atoms with E-state index in [1.165, 1.54) is 0 Å². The number of pyridine rings is 2. The van der Waals surface area contributed by atoms with E-state index >= 15 is 0 Å². The summed E-state index contributed by atoms with van der Waals surface area (Å²) in [6.07, 6.45) is 3.49. The van der Waals surface area contributed by atoms with E-state index in [1.807, 2.05) is 61.5 Å². The summed E-state index contributed by atoms with van der Waals surface area (Å²) in [7, 11) is 0. The highest BCUT2D eigenvalue weighted by molar-refractivity contribution is 6.14. The molecule has 24 heavy (non-hydrogen) atoms. The molecular weight excluding hydrogens is 298 g/mol. The average molecular weight is 313 g/mol. The van der Waals surface area contributed by atoms with Gasteiger partial charge < -0.3 is 5.32 Å². The van der Waals surface area contributed by atoms with Crippen molar-refractivity contribution in [1.82, 2.24) is 9.97 Å². The van der Waals surface area contributed by atoms with Crippen LogP contribution in [0.2, 0.25) is 0 Å². The largest absolute Gasteiger partial charge is 0.321 e. The van der Waals surface area contributed by atoms with Gasteiger partial charge in [0.2, 0.25) is 0 Å². The Bertz CT molecular complexity index is 1060. The zero-order valence-electron chi connectivity index (χ0n) is 13.2. The van der Waals surface area contributed by atoms with Crippen molar-refractivity contribution in [1.29, 1.82) is 0 Å². The van der Waals surface area contributed by atoms with Gasteiger partial charge in [0.15, 0.2) is 0 Å². The van der Waals surface area contributed by atoms with E-state index in [4.69, 9.17) is 0 Å². The molecule has 2 aromatic carbocycles. The maximum atomic E-state index is 12.6. The van der Waals surface area contributed by atoms with E-state index in [2.05, 4.69) is 15.3 Å². The highest BCUT2D eigenvalue weighted by Gasteiger charge is 2.12. The molecule has 0 unspecified atom stereocenters. The van der Waals surface area contributed by atoms with Gasteiger partial charge in [-0.1, -0.05) is 23.8 Å². The smallest absolute Gasteiger partial charge is 0.255 e. The molecule has 2 aromatic heterocycles. The fourth-order valence-electron chi connectivity index (χ4n) is 2.78. The molecule has 0 saturated carbocycles. The van der Waals surface area contributed by atoms with E-state index in [0.717, 1.165) is 33.1 Å². The molecule has 0 fully saturated rings. The van der Waals surface area contributed by atoms with Crippen LogP contribution in [0.4, 0.5) is 5.69 Å². The summed E-state index contributed by atoms with van der Waals surface area (Å²) in [5.41, 5.74) is 4.11. The standard InChI is InChI=1S/C20H15N3O/c1-13-6-8-14(9-7-13)20(24)23-17-12-15-4-2-10-21-18(15)19-16(17)5-3-11-22-19/h2-12H,1H3,(H,23,24). The maximum Gasteiger partial charge on any atom is 0.255 e. The van der Waals surface area contributed by atoms with Crippen LogP contribution in [0.5, 0.6) is 0 Å². The molecule has 0 radical (unpaired) electrons. The number of carbonyl (C=O) groups excluding carboxylic acids is 1. The van der Waals surface area contributed by atoms with Crippen molar-refractivity contribution >= 4 is 33.4 Å². The molecule has 0 bridgehead atoms. The van der Waals surface area contributed by atoms with E-state index in [1.54, 1.807) is 12.4 Å². The van der Waals surface area contributed by atoms with Crippen LogP contribution in [-0.2, 0) is 0 Å². The van der Waals surface area contributed by atoms with Crippen LogP contribution in [0.25, 0.3) is 21.8 Å². The fourth-order valence-corrected chi connectivity index (χ4v) is 2.78. The second-order valence-electron chi connectivity index (χ2n) is 5.72. The number of nitrogens with one attached hydrogen (secondary N) is 1. The first-order valence-electron chi connectivity index (χ1n) is 7.73. The molecule has 1 amide bonds. The van der Waals surface area contributed by atoms with E-state index in [-0.39, 0.29) is 5.91 Å². The molecule has 0 saturated heterocycles. The lowest BCUT2D eigenvalue weighted by Gasteiger charge is -2.11. The Morgan fingerprint density at radius 2 is 1.62 bits per heavy atom. The van der Waals surface area contributed by atoms with Crippen LogP contribution in [-0.4, -0.2) is 15.9 Å². The molecule has 0 atom stereocenters. The van der Waals surface area contributed by atoms with Crippen molar-refractivity contribution in [3.63, 3.8) is 0 Å². The number of benzene rings is 2. The number of aromatic nitrogens is 2. The van der Waals surface area contributed by atoms with Crippen LogP contribution < -0.4 is 5.32 Å². The number of amides is 1. The zero-order chi connectivity index (χ0) is 16.5. The van der Waals surface area contributed by atoms with Crippen LogP contribution in [0.3, 0.4) is 0 Å². The fraction of sp³-hybridized carbons (Fsp3) is 0.0500. The third-order valence-electron chi connectivity index (χ3n) is 4.02. The Morgan fingerprint density at radius 3 is 2.42 bits per heavy atom. The second-order valence-corrected chi connectivity index (χ2v) is 5.72. The number of rotatable bonds is 2. The minimum atomic E-state index is -0.136. The molecule has 4 rings (SSSR count). The molecule has 116 valence electrons. The molecule has 0 aliphatic heterocycles. The van der Waals surface area contributed by atoms with Gasteiger partial charge in [0.05, 0.1) is 16.7 Å². The van der Waals surface area contributed by atoms with Gasteiger partial charge in [0.1, 0.15) is 0 Å². The number of nitrogens with zero attached hydrogens (tertiary/aromatic N) is 2. The number of hydrogen-bond donors (Lipinski definition) is 1. The summed E-state index contributed by atoms with van der Waals surface area (Å²) in [6, 6.07) is 17.1. The SMILES string of the molecule is Cc1ccc(C(=O)Nc2cc3cccnc3c3ncccc23)cc1. The Kier molecular flexibility index (Phi) is 3.43. The minimum absolute atomic E-state index is 0.136. The van der Waals surface area contributed by atoms with Crippen LogP contribution >= 0.6 is 0 Å². The average Bonchev–Trinajstić information content (AvgIpc) is 2.62. The van der Waals surface area contributed by atoms with Crippen molar-refractivity contribution in [2.24, 2.45) is 0 Å². The summed E-state index contributed by atoms with van der Waals surface area (Å²) >= 11 is 0. The lowest BCUT2D eigenvalue weighted by molar-refractivity contribution is 0.102. The summed E-state index contributed by atoms with van der Waals surface area (Å²) in [5.74, 6) is -0.136. The minimum Gasteiger partial charge on any atom is -0.321 e. The first kappa shape index (κ1) is 14.3.